The van der Waals surface area contributed by atoms with E-state index in [4.69, 9.17) is 15.2 Å². The number of primary amides is 1. The van der Waals surface area contributed by atoms with Gasteiger partial charge in [0.2, 0.25) is 0 Å². The zero-order valence-corrected chi connectivity index (χ0v) is 13.2. The average Bonchev–Trinajstić information content (AvgIpc) is 2.53. The SMILES string of the molecule is COc1ccc(NS(=O)(=O)c2ccc(OCC(N)=O)cc2)cc1. The summed E-state index contributed by atoms with van der Waals surface area (Å²) < 4.78 is 37.1. The summed E-state index contributed by atoms with van der Waals surface area (Å²) in [5.74, 6) is 0.374. The van der Waals surface area contributed by atoms with Crippen LogP contribution in [0.25, 0.3) is 0 Å². The molecular weight excluding hydrogens is 320 g/mol. The fraction of sp³-hybridized carbons (Fsp3) is 0.133. The topological polar surface area (TPSA) is 108 Å². The molecule has 0 heterocycles. The van der Waals surface area contributed by atoms with Crippen LogP contribution >= 0.6 is 0 Å². The highest BCUT2D eigenvalue weighted by atomic mass is 32.2. The molecule has 7 nitrogen and oxygen atoms in total. The standard InChI is InChI=1S/C15H16N2O5S/c1-21-12-4-2-11(3-5-12)17-23(19,20)14-8-6-13(7-9-14)22-10-15(16)18/h2-9,17H,10H2,1H3,(H2,16,18). The molecule has 2 aromatic rings. The molecule has 0 fully saturated rings. The van der Waals surface area contributed by atoms with Crippen LogP contribution in [0.2, 0.25) is 0 Å². The van der Waals surface area contributed by atoms with E-state index in [1.807, 2.05) is 0 Å². The molecule has 0 unspecified atom stereocenters. The van der Waals surface area contributed by atoms with Crippen molar-refractivity contribution in [2.24, 2.45) is 5.73 Å². The highest BCUT2D eigenvalue weighted by molar-refractivity contribution is 7.92. The molecule has 0 bridgehead atoms. The minimum Gasteiger partial charge on any atom is -0.497 e. The number of hydrogen-bond donors (Lipinski definition) is 2. The molecule has 0 aliphatic heterocycles. The highest BCUT2D eigenvalue weighted by Crippen LogP contribution is 2.21. The van der Waals surface area contributed by atoms with Gasteiger partial charge in [0, 0.05) is 5.69 Å². The molecule has 122 valence electrons. The van der Waals surface area contributed by atoms with Crippen molar-refractivity contribution in [3.05, 3.63) is 48.5 Å². The number of methoxy groups -OCH3 is 1. The zero-order chi connectivity index (χ0) is 16.9. The van der Waals surface area contributed by atoms with Gasteiger partial charge in [-0.05, 0) is 48.5 Å². The summed E-state index contributed by atoms with van der Waals surface area (Å²) in [4.78, 5) is 10.7. The largest absolute Gasteiger partial charge is 0.497 e. The monoisotopic (exact) mass is 336 g/mol. The summed E-state index contributed by atoms with van der Waals surface area (Å²) in [6.45, 7) is -0.268. The van der Waals surface area contributed by atoms with E-state index in [0.717, 1.165) is 0 Å². The molecule has 0 aliphatic rings. The Morgan fingerprint density at radius 2 is 1.61 bits per heavy atom. The Morgan fingerprint density at radius 1 is 1.04 bits per heavy atom. The molecule has 0 saturated heterocycles. The molecule has 0 radical (unpaired) electrons. The smallest absolute Gasteiger partial charge is 0.261 e. The highest BCUT2D eigenvalue weighted by Gasteiger charge is 2.14. The number of nitrogens with two attached hydrogens (primary N) is 1. The Hall–Kier alpha value is -2.74. The van der Waals surface area contributed by atoms with Gasteiger partial charge in [-0.15, -0.1) is 0 Å². The molecule has 2 rings (SSSR count). The van der Waals surface area contributed by atoms with Crippen molar-refractivity contribution in [2.75, 3.05) is 18.4 Å². The number of hydrogen-bond acceptors (Lipinski definition) is 5. The fourth-order valence-corrected chi connectivity index (χ4v) is 2.80. The minimum atomic E-state index is -3.72. The molecule has 0 aromatic heterocycles. The van der Waals surface area contributed by atoms with E-state index in [-0.39, 0.29) is 11.5 Å². The maximum Gasteiger partial charge on any atom is 0.261 e. The van der Waals surface area contributed by atoms with Gasteiger partial charge in [-0.2, -0.15) is 0 Å². The molecule has 0 saturated carbocycles. The van der Waals surface area contributed by atoms with Gasteiger partial charge in [0.05, 0.1) is 12.0 Å². The molecule has 3 N–H and O–H groups in total. The van der Waals surface area contributed by atoms with Gasteiger partial charge in [0.25, 0.3) is 15.9 Å². The molecule has 8 heteroatoms. The summed E-state index contributed by atoms with van der Waals surface area (Å²) in [6, 6.07) is 12.2. The van der Waals surface area contributed by atoms with Crippen LogP contribution in [0.5, 0.6) is 11.5 Å². The first-order valence-electron chi connectivity index (χ1n) is 6.59. The first-order chi connectivity index (χ1) is 10.9. The van der Waals surface area contributed by atoms with Gasteiger partial charge in [-0.25, -0.2) is 8.42 Å². The Morgan fingerprint density at radius 3 is 2.13 bits per heavy atom. The van der Waals surface area contributed by atoms with Crippen LogP contribution in [0.15, 0.2) is 53.4 Å². The van der Waals surface area contributed by atoms with Gasteiger partial charge in [0.1, 0.15) is 11.5 Å². The van der Waals surface area contributed by atoms with E-state index in [0.29, 0.717) is 17.2 Å². The third-order valence-electron chi connectivity index (χ3n) is 2.86. The van der Waals surface area contributed by atoms with E-state index in [9.17, 15) is 13.2 Å². The summed E-state index contributed by atoms with van der Waals surface area (Å²) >= 11 is 0. The van der Waals surface area contributed by atoms with Crippen LogP contribution in [0.1, 0.15) is 0 Å². The summed E-state index contributed by atoms with van der Waals surface area (Å²) in [6.07, 6.45) is 0. The van der Waals surface area contributed by atoms with E-state index in [1.54, 1.807) is 24.3 Å². The second-order valence-electron chi connectivity index (χ2n) is 4.56. The van der Waals surface area contributed by atoms with E-state index in [1.165, 1.54) is 31.4 Å². The fourth-order valence-electron chi connectivity index (χ4n) is 1.74. The number of sulfonamides is 1. The van der Waals surface area contributed by atoms with Crippen molar-refractivity contribution in [2.45, 2.75) is 4.90 Å². The number of ether oxygens (including phenoxy) is 2. The third kappa shape index (κ3) is 4.62. The lowest BCUT2D eigenvalue weighted by Gasteiger charge is -2.09. The van der Waals surface area contributed by atoms with Gasteiger partial charge in [-0.1, -0.05) is 0 Å². The Balaban J connectivity index is 2.10. The first-order valence-corrected chi connectivity index (χ1v) is 8.07. The third-order valence-corrected chi connectivity index (χ3v) is 4.25. The van der Waals surface area contributed by atoms with Crippen LogP contribution in [0.4, 0.5) is 5.69 Å². The minimum absolute atomic E-state index is 0.0692. The normalized spacial score (nSPS) is 10.8. The van der Waals surface area contributed by atoms with Crippen molar-refractivity contribution in [3.63, 3.8) is 0 Å². The quantitative estimate of drug-likeness (QED) is 0.794. The number of benzene rings is 2. The lowest BCUT2D eigenvalue weighted by molar-refractivity contribution is -0.119. The number of carbonyl (C=O) groups is 1. The Bertz CT molecular complexity index is 771. The van der Waals surface area contributed by atoms with Crippen LogP contribution < -0.4 is 19.9 Å². The maximum absolute atomic E-state index is 12.3. The molecule has 2 aromatic carbocycles. The molecule has 0 atom stereocenters. The van der Waals surface area contributed by atoms with Crippen LogP contribution in [0, 0.1) is 0 Å². The number of carbonyl (C=O) groups excluding carboxylic acids is 1. The van der Waals surface area contributed by atoms with Crippen molar-refractivity contribution in [1.29, 1.82) is 0 Å². The molecular formula is C15H16N2O5S. The zero-order valence-electron chi connectivity index (χ0n) is 12.4. The molecule has 0 spiro atoms. The van der Waals surface area contributed by atoms with Gasteiger partial charge in [-0.3, -0.25) is 9.52 Å². The molecule has 23 heavy (non-hydrogen) atoms. The van der Waals surface area contributed by atoms with E-state index in [2.05, 4.69) is 4.72 Å². The number of amides is 1. The Labute approximate surface area is 134 Å². The second-order valence-corrected chi connectivity index (χ2v) is 6.24. The lowest BCUT2D eigenvalue weighted by Crippen LogP contribution is -2.20. The van der Waals surface area contributed by atoms with Gasteiger partial charge >= 0.3 is 0 Å². The van der Waals surface area contributed by atoms with Gasteiger partial charge < -0.3 is 15.2 Å². The van der Waals surface area contributed by atoms with Crippen LogP contribution in [-0.2, 0) is 14.8 Å². The Kier molecular flexibility index (Phi) is 5.07. The number of anilines is 1. The van der Waals surface area contributed by atoms with E-state index < -0.39 is 15.9 Å². The lowest BCUT2D eigenvalue weighted by atomic mass is 10.3. The average molecular weight is 336 g/mol. The second kappa shape index (κ2) is 7.01. The summed E-state index contributed by atoms with van der Waals surface area (Å²) in [5.41, 5.74) is 5.38. The van der Waals surface area contributed by atoms with E-state index >= 15 is 0 Å². The summed E-state index contributed by atoms with van der Waals surface area (Å²) in [7, 11) is -2.19. The van der Waals surface area contributed by atoms with Crippen LogP contribution in [0.3, 0.4) is 0 Å². The van der Waals surface area contributed by atoms with Crippen molar-refractivity contribution < 1.29 is 22.7 Å². The number of rotatable bonds is 7. The van der Waals surface area contributed by atoms with Crippen molar-refractivity contribution >= 4 is 21.6 Å². The van der Waals surface area contributed by atoms with Gasteiger partial charge in [0.15, 0.2) is 6.61 Å². The van der Waals surface area contributed by atoms with Crippen molar-refractivity contribution in [1.82, 2.24) is 0 Å². The maximum atomic E-state index is 12.3. The van der Waals surface area contributed by atoms with Crippen LogP contribution in [-0.4, -0.2) is 28.0 Å². The molecule has 0 aliphatic carbocycles. The first kappa shape index (κ1) is 16.6. The predicted molar refractivity (Wildman–Crippen MR) is 84.9 cm³/mol. The molecule has 1 amide bonds. The number of nitrogens with one attached hydrogen (secondary N) is 1. The van der Waals surface area contributed by atoms with Crippen molar-refractivity contribution in [3.8, 4) is 11.5 Å². The summed E-state index contributed by atoms with van der Waals surface area (Å²) in [5, 5.41) is 0. The predicted octanol–water partition coefficient (Wildman–Crippen LogP) is 1.36.